The Balaban J connectivity index is 1.80. The number of hydrogen-bond donors (Lipinski definition) is 2. The largest absolute Gasteiger partial charge is 0.339 e. The maximum atomic E-state index is 13.0. The third-order valence-corrected chi connectivity index (χ3v) is 5.40. The molecule has 0 aromatic heterocycles. The number of nitrogens with one attached hydrogen (secondary N) is 2. The maximum Gasteiger partial charge on any atom is 0.255 e. The molecule has 1 aliphatic rings. The van der Waals surface area contributed by atoms with E-state index in [1.807, 2.05) is 25.7 Å². The predicted octanol–water partition coefficient (Wildman–Crippen LogP) is 5.20. The van der Waals surface area contributed by atoms with Crippen LogP contribution in [0.3, 0.4) is 0 Å². The van der Waals surface area contributed by atoms with E-state index in [0.717, 1.165) is 19.3 Å². The molecule has 1 fully saturated rings. The minimum Gasteiger partial charge on any atom is -0.339 e. The van der Waals surface area contributed by atoms with Crippen molar-refractivity contribution < 1.29 is 14.4 Å². The first kappa shape index (κ1) is 22.8. The molecule has 0 bridgehead atoms. The van der Waals surface area contributed by atoms with Gasteiger partial charge in [-0.3, -0.25) is 14.4 Å². The molecule has 3 rings (SSSR count). The molecular weight excluding hydrogens is 414 g/mol. The van der Waals surface area contributed by atoms with Crippen LogP contribution in [0, 0.1) is 5.41 Å². The number of nitrogens with zero attached hydrogens (tertiary/aromatic N) is 1. The lowest BCUT2D eigenvalue weighted by atomic mass is 9.95. The van der Waals surface area contributed by atoms with Gasteiger partial charge in [0.25, 0.3) is 11.8 Å². The Bertz CT molecular complexity index is 992. The van der Waals surface area contributed by atoms with Crippen molar-refractivity contribution >= 4 is 40.7 Å². The molecule has 2 aromatic carbocycles. The molecular formula is C24H28ClN3O3. The molecule has 1 saturated heterocycles. The van der Waals surface area contributed by atoms with Gasteiger partial charge in [0.1, 0.15) is 0 Å². The highest BCUT2D eigenvalue weighted by molar-refractivity contribution is 6.31. The van der Waals surface area contributed by atoms with Crippen molar-refractivity contribution in [2.45, 2.75) is 40.0 Å². The number of piperidine rings is 1. The minimum atomic E-state index is -0.553. The Labute approximate surface area is 188 Å². The first-order valence-corrected chi connectivity index (χ1v) is 10.8. The number of carbonyl (C=O) groups excluding carboxylic acids is 3. The van der Waals surface area contributed by atoms with Crippen molar-refractivity contribution in [3.8, 4) is 0 Å². The summed E-state index contributed by atoms with van der Waals surface area (Å²) in [6.45, 7) is 6.88. The second-order valence-electron chi connectivity index (χ2n) is 8.78. The summed E-state index contributed by atoms with van der Waals surface area (Å²) in [6.07, 6.45) is 3.08. The van der Waals surface area contributed by atoms with Gasteiger partial charge in [-0.2, -0.15) is 0 Å². The highest BCUT2D eigenvalue weighted by atomic mass is 35.5. The van der Waals surface area contributed by atoms with Gasteiger partial charge in [-0.1, -0.05) is 38.4 Å². The number of halogens is 1. The fourth-order valence-electron chi connectivity index (χ4n) is 3.32. The van der Waals surface area contributed by atoms with Crippen molar-refractivity contribution in [3.05, 3.63) is 58.6 Å². The van der Waals surface area contributed by atoms with E-state index in [0.29, 0.717) is 40.6 Å². The summed E-state index contributed by atoms with van der Waals surface area (Å²) in [6, 6.07) is 11.6. The predicted molar refractivity (Wildman–Crippen MR) is 124 cm³/mol. The van der Waals surface area contributed by atoms with Crippen LogP contribution in [0.1, 0.15) is 60.7 Å². The Hall–Kier alpha value is -2.86. The van der Waals surface area contributed by atoms with Crippen molar-refractivity contribution in [1.29, 1.82) is 0 Å². The van der Waals surface area contributed by atoms with Gasteiger partial charge in [-0.15, -0.1) is 0 Å². The number of carbonyl (C=O) groups is 3. The highest BCUT2D eigenvalue weighted by Gasteiger charge is 2.23. The second kappa shape index (κ2) is 9.52. The Morgan fingerprint density at radius 1 is 0.935 bits per heavy atom. The van der Waals surface area contributed by atoms with Gasteiger partial charge in [0, 0.05) is 34.8 Å². The molecule has 0 aliphatic carbocycles. The fraction of sp³-hybridized carbons (Fsp3) is 0.375. The lowest BCUT2D eigenvalue weighted by Gasteiger charge is -2.27. The van der Waals surface area contributed by atoms with Gasteiger partial charge in [0.2, 0.25) is 5.91 Å². The van der Waals surface area contributed by atoms with E-state index in [2.05, 4.69) is 10.6 Å². The smallest absolute Gasteiger partial charge is 0.255 e. The third kappa shape index (κ3) is 5.85. The van der Waals surface area contributed by atoms with Gasteiger partial charge in [0.05, 0.1) is 11.3 Å². The topological polar surface area (TPSA) is 78.5 Å². The zero-order valence-corrected chi connectivity index (χ0v) is 18.9. The zero-order valence-electron chi connectivity index (χ0n) is 18.1. The van der Waals surface area contributed by atoms with Crippen LogP contribution in [0.25, 0.3) is 0 Å². The molecule has 0 spiro atoms. The van der Waals surface area contributed by atoms with Crippen LogP contribution < -0.4 is 10.6 Å². The lowest BCUT2D eigenvalue weighted by Crippen LogP contribution is -2.36. The first-order valence-electron chi connectivity index (χ1n) is 10.5. The molecule has 0 radical (unpaired) electrons. The van der Waals surface area contributed by atoms with Gasteiger partial charge >= 0.3 is 0 Å². The summed E-state index contributed by atoms with van der Waals surface area (Å²) < 4.78 is 0. The van der Waals surface area contributed by atoms with Crippen molar-refractivity contribution in [1.82, 2.24) is 4.90 Å². The van der Waals surface area contributed by atoms with Crippen LogP contribution in [-0.2, 0) is 4.79 Å². The van der Waals surface area contributed by atoms with Gasteiger partial charge in [-0.25, -0.2) is 0 Å². The number of anilines is 2. The first-order chi connectivity index (χ1) is 14.6. The Kier molecular flexibility index (Phi) is 7.01. The van der Waals surface area contributed by atoms with Crippen LogP contribution in [0.4, 0.5) is 11.4 Å². The average Bonchev–Trinajstić information content (AvgIpc) is 2.73. The van der Waals surface area contributed by atoms with E-state index in [9.17, 15) is 14.4 Å². The van der Waals surface area contributed by atoms with Crippen LogP contribution in [0.15, 0.2) is 42.5 Å². The minimum absolute atomic E-state index is 0.113. The molecule has 164 valence electrons. The van der Waals surface area contributed by atoms with E-state index < -0.39 is 5.41 Å². The standard InChI is InChI=1S/C24H28ClN3O3/c1-24(2,3)23(31)26-18-9-7-8-16(14-18)21(29)27-20-15-17(25)10-11-19(20)22(30)28-12-5-4-6-13-28/h7-11,14-15H,4-6,12-13H2,1-3H3,(H,26,31)(H,27,29). The van der Waals surface area contributed by atoms with Gasteiger partial charge in [0.15, 0.2) is 0 Å². The summed E-state index contributed by atoms with van der Waals surface area (Å²) in [5.41, 5.74) is 1.13. The van der Waals surface area contributed by atoms with E-state index in [1.54, 1.807) is 42.5 Å². The number of benzene rings is 2. The van der Waals surface area contributed by atoms with Crippen LogP contribution >= 0.6 is 11.6 Å². The van der Waals surface area contributed by atoms with Gasteiger partial charge in [-0.05, 0) is 55.7 Å². The van der Waals surface area contributed by atoms with Gasteiger partial charge < -0.3 is 15.5 Å². The van der Waals surface area contributed by atoms with E-state index in [-0.39, 0.29) is 17.7 Å². The molecule has 1 aliphatic heterocycles. The van der Waals surface area contributed by atoms with Crippen LogP contribution in [0.2, 0.25) is 5.02 Å². The molecule has 0 saturated carbocycles. The normalized spacial score (nSPS) is 14.1. The molecule has 6 nitrogen and oxygen atoms in total. The Morgan fingerprint density at radius 2 is 1.65 bits per heavy atom. The Morgan fingerprint density at radius 3 is 2.32 bits per heavy atom. The van der Waals surface area contributed by atoms with E-state index in [1.165, 1.54) is 0 Å². The zero-order chi connectivity index (χ0) is 22.6. The monoisotopic (exact) mass is 441 g/mol. The van der Waals surface area contributed by atoms with E-state index >= 15 is 0 Å². The number of hydrogen-bond acceptors (Lipinski definition) is 3. The second-order valence-corrected chi connectivity index (χ2v) is 9.22. The summed E-state index contributed by atoms with van der Waals surface area (Å²) in [4.78, 5) is 40.0. The summed E-state index contributed by atoms with van der Waals surface area (Å²) >= 11 is 6.14. The molecule has 7 heteroatoms. The number of rotatable bonds is 4. The highest BCUT2D eigenvalue weighted by Crippen LogP contribution is 2.25. The third-order valence-electron chi connectivity index (χ3n) is 5.17. The van der Waals surface area contributed by atoms with Crippen molar-refractivity contribution in [3.63, 3.8) is 0 Å². The molecule has 2 aromatic rings. The average molecular weight is 442 g/mol. The van der Waals surface area contributed by atoms with Crippen LogP contribution in [-0.4, -0.2) is 35.7 Å². The van der Waals surface area contributed by atoms with E-state index in [4.69, 9.17) is 11.6 Å². The molecule has 1 heterocycles. The SMILES string of the molecule is CC(C)(C)C(=O)Nc1cccc(C(=O)Nc2cc(Cl)ccc2C(=O)N2CCCCC2)c1. The molecule has 0 unspecified atom stereocenters. The maximum absolute atomic E-state index is 13.0. The summed E-state index contributed by atoms with van der Waals surface area (Å²) in [5, 5.41) is 6.06. The molecule has 2 N–H and O–H groups in total. The summed E-state index contributed by atoms with van der Waals surface area (Å²) in [5.74, 6) is -0.644. The molecule has 31 heavy (non-hydrogen) atoms. The lowest BCUT2D eigenvalue weighted by molar-refractivity contribution is -0.123. The summed E-state index contributed by atoms with van der Waals surface area (Å²) in [7, 11) is 0. The number of amides is 3. The number of likely N-dealkylation sites (tertiary alicyclic amines) is 1. The molecule has 0 atom stereocenters. The van der Waals surface area contributed by atoms with Crippen molar-refractivity contribution in [2.75, 3.05) is 23.7 Å². The van der Waals surface area contributed by atoms with Crippen molar-refractivity contribution in [2.24, 2.45) is 5.41 Å². The fourth-order valence-corrected chi connectivity index (χ4v) is 3.50. The quantitative estimate of drug-likeness (QED) is 0.684. The molecule has 3 amide bonds. The van der Waals surface area contributed by atoms with Crippen LogP contribution in [0.5, 0.6) is 0 Å².